The van der Waals surface area contributed by atoms with Gasteiger partial charge in [-0.1, -0.05) is 23.2 Å². The maximum atomic E-state index is 14.9. The summed E-state index contributed by atoms with van der Waals surface area (Å²) >= 11 is 12.1. The molecule has 32 heavy (non-hydrogen) atoms. The summed E-state index contributed by atoms with van der Waals surface area (Å²) in [4.78, 5) is 34.1. The molecule has 1 atom stereocenters. The van der Waals surface area contributed by atoms with Gasteiger partial charge in [-0.15, -0.1) is 0 Å². The third kappa shape index (κ3) is 4.46. The predicted octanol–water partition coefficient (Wildman–Crippen LogP) is 3.46. The molecule has 1 aromatic heterocycles. The number of nitrogens with zero attached hydrogens (tertiary/aromatic N) is 4. The summed E-state index contributed by atoms with van der Waals surface area (Å²) in [5.41, 5.74) is 0.262. The summed E-state index contributed by atoms with van der Waals surface area (Å²) in [6, 6.07) is 5.38. The van der Waals surface area contributed by atoms with E-state index in [9.17, 15) is 14.0 Å². The molecular weight excluding hydrogens is 462 g/mol. The highest BCUT2D eigenvalue weighted by Gasteiger charge is 2.35. The van der Waals surface area contributed by atoms with Gasteiger partial charge in [-0.2, -0.15) is 0 Å². The number of amides is 2. The number of methoxy groups -OCH3 is 1. The topological polar surface area (TPSA) is 75.2 Å². The van der Waals surface area contributed by atoms with E-state index in [1.165, 1.54) is 30.3 Å². The first kappa shape index (κ1) is 22.6. The number of aromatic nitrogens is 1. The van der Waals surface area contributed by atoms with E-state index in [1.54, 1.807) is 17.0 Å². The summed E-state index contributed by atoms with van der Waals surface area (Å²) in [5.74, 6) is -0.517. The fourth-order valence-corrected chi connectivity index (χ4v) is 4.35. The quantitative estimate of drug-likeness (QED) is 0.649. The van der Waals surface area contributed by atoms with E-state index in [0.29, 0.717) is 47.7 Å². The smallest absolute Gasteiger partial charge is 0.414 e. The van der Waals surface area contributed by atoms with Gasteiger partial charge in [0.05, 0.1) is 33.9 Å². The SMILES string of the molecule is COCC1COC(=O)N1c1ccc(C(=O)N2CCN(c3ncc(Cl)cc3Cl)CC2)c(F)c1. The van der Waals surface area contributed by atoms with Gasteiger partial charge >= 0.3 is 6.09 Å². The Morgan fingerprint density at radius 3 is 2.66 bits per heavy atom. The number of pyridine rings is 1. The summed E-state index contributed by atoms with van der Waals surface area (Å²) in [7, 11) is 1.51. The zero-order valence-electron chi connectivity index (χ0n) is 17.3. The summed E-state index contributed by atoms with van der Waals surface area (Å²) < 4.78 is 25.0. The van der Waals surface area contributed by atoms with Crippen LogP contribution in [0.3, 0.4) is 0 Å². The minimum atomic E-state index is -0.701. The van der Waals surface area contributed by atoms with Crippen molar-refractivity contribution in [3.63, 3.8) is 0 Å². The second-order valence-electron chi connectivity index (χ2n) is 7.46. The van der Waals surface area contributed by atoms with E-state index < -0.39 is 17.8 Å². The van der Waals surface area contributed by atoms with Crippen LogP contribution in [0.25, 0.3) is 0 Å². The van der Waals surface area contributed by atoms with Crippen LogP contribution in [0.1, 0.15) is 10.4 Å². The fraction of sp³-hybridized carbons (Fsp3) is 0.381. The van der Waals surface area contributed by atoms with Crippen LogP contribution in [0.4, 0.5) is 20.7 Å². The van der Waals surface area contributed by atoms with E-state index in [4.69, 9.17) is 32.7 Å². The highest BCUT2D eigenvalue weighted by molar-refractivity contribution is 6.36. The van der Waals surface area contributed by atoms with Crippen LogP contribution in [-0.4, -0.2) is 74.4 Å². The number of ether oxygens (including phenoxy) is 2. The van der Waals surface area contributed by atoms with Crippen molar-refractivity contribution in [3.8, 4) is 0 Å². The first-order valence-corrected chi connectivity index (χ1v) is 10.7. The first-order valence-electron chi connectivity index (χ1n) is 9.98. The minimum Gasteiger partial charge on any atom is -0.447 e. The molecule has 1 aromatic carbocycles. The molecule has 3 heterocycles. The van der Waals surface area contributed by atoms with Gasteiger partial charge < -0.3 is 19.3 Å². The Hall–Kier alpha value is -2.62. The van der Waals surface area contributed by atoms with Crippen molar-refractivity contribution >= 4 is 46.7 Å². The van der Waals surface area contributed by atoms with Crippen molar-refractivity contribution in [2.24, 2.45) is 0 Å². The molecule has 2 amide bonds. The van der Waals surface area contributed by atoms with Crippen LogP contribution >= 0.6 is 23.2 Å². The Morgan fingerprint density at radius 2 is 2.00 bits per heavy atom. The lowest BCUT2D eigenvalue weighted by atomic mass is 10.1. The third-order valence-corrected chi connectivity index (χ3v) is 5.92. The first-order chi connectivity index (χ1) is 15.4. The molecule has 2 fully saturated rings. The van der Waals surface area contributed by atoms with Crippen molar-refractivity contribution in [1.82, 2.24) is 9.88 Å². The number of carbonyl (C=O) groups is 2. The number of halogens is 3. The Balaban J connectivity index is 1.44. The average Bonchev–Trinajstić information content (AvgIpc) is 3.14. The number of benzene rings is 1. The van der Waals surface area contributed by atoms with Gasteiger partial charge in [0.15, 0.2) is 0 Å². The van der Waals surface area contributed by atoms with Crippen molar-refractivity contribution in [3.05, 3.63) is 51.9 Å². The van der Waals surface area contributed by atoms with Gasteiger partial charge in [-0.25, -0.2) is 14.2 Å². The van der Waals surface area contributed by atoms with Crippen LogP contribution in [0.15, 0.2) is 30.5 Å². The molecule has 2 aromatic rings. The highest BCUT2D eigenvalue weighted by atomic mass is 35.5. The van der Waals surface area contributed by atoms with E-state index in [0.717, 1.165) is 0 Å². The van der Waals surface area contributed by atoms with Crippen LogP contribution < -0.4 is 9.80 Å². The lowest BCUT2D eigenvalue weighted by Crippen LogP contribution is -2.49. The Morgan fingerprint density at radius 1 is 1.25 bits per heavy atom. The van der Waals surface area contributed by atoms with Crippen LogP contribution in [0, 0.1) is 5.82 Å². The van der Waals surface area contributed by atoms with Crippen LogP contribution in [0.5, 0.6) is 0 Å². The van der Waals surface area contributed by atoms with Gasteiger partial charge in [0.1, 0.15) is 18.2 Å². The third-order valence-electron chi connectivity index (χ3n) is 5.44. The molecule has 0 bridgehead atoms. The molecule has 170 valence electrons. The molecule has 0 aliphatic carbocycles. The fourth-order valence-electron chi connectivity index (χ4n) is 3.85. The molecule has 1 unspecified atom stereocenters. The van der Waals surface area contributed by atoms with E-state index in [2.05, 4.69) is 4.98 Å². The lowest BCUT2D eigenvalue weighted by molar-refractivity contribution is 0.0742. The van der Waals surface area contributed by atoms with Gasteiger partial charge in [-0.3, -0.25) is 9.69 Å². The lowest BCUT2D eigenvalue weighted by Gasteiger charge is -2.35. The normalized spacial score (nSPS) is 18.8. The molecule has 0 radical (unpaired) electrons. The highest BCUT2D eigenvalue weighted by Crippen LogP contribution is 2.28. The van der Waals surface area contributed by atoms with Crippen molar-refractivity contribution in [2.45, 2.75) is 6.04 Å². The van der Waals surface area contributed by atoms with Gasteiger partial charge in [0, 0.05) is 39.5 Å². The Kier molecular flexibility index (Phi) is 6.68. The number of anilines is 2. The van der Waals surface area contributed by atoms with Gasteiger partial charge in [0.25, 0.3) is 5.91 Å². The Labute approximate surface area is 194 Å². The maximum absolute atomic E-state index is 14.9. The maximum Gasteiger partial charge on any atom is 0.414 e. The molecule has 2 aliphatic rings. The predicted molar refractivity (Wildman–Crippen MR) is 118 cm³/mol. The van der Waals surface area contributed by atoms with E-state index >= 15 is 0 Å². The number of rotatable bonds is 5. The molecule has 0 saturated carbocycles. The largest absolute Gasteiger partial charge is 0.447 e. The number of hydrogen-bond donors (Lipinski definition) is 0. The van der Waals surface area contributed by atoms with E-state index in [1.807, 2.05) is 4.90 Å². The summed E-state index contributed by atoms with van der Waals surface area (Å²) in [6.07, 6.45) is 0.945. The van der Waals surface area contributed by atoms with Gasteiger partial charge in [0.2, 0.25) is 0 Å². The van der Waals surface area contributed by atoms with Crippen molar-refractivity contribution in [1.29, 1.82) is 0 Å². The molecule has 0 spiro atoms. The number of carbonyl (C=O) groups excluding carboxylic acids is 2. The Bertz CT molecular complexity index is 1030. The molecule has 2 saturated heterocycles. The van der Waals surface area contributed by atoms with Gasteiger partial charge in [-0.05, 0) is 24.3 Å². The second kappa shape index (κ2) is 9.48. The van der Waals surface area contributed by atoms with Crippen LogP contribution in [0.2, 0.25) is 10.0 Å². The summed E-state index contributed by atoms with van der Waals surface area (Å²) in [6.45, 7) is 2.18. The molecular formula is C21H21Cl2FN4O4. The summed E-state index contributed by atoms with van der Waals surface area (Å²) in [5, 5.41) is 0.883. The molecule has 2 aliphatic heterocycles. The van der Waals surface area contributed by atoms with Crippen molar-refractivity contribution < 1.29 is 23.5 Å². The van der Waals surface area contributed by atoms with Crippen LogP contribution in [-0.2, 0) is 9.47 Å². The second-order valence-corrected chi connectivity index (χ2v) is 8.30. The zero-order chi connectivity index (χ0) is 22.8. The number of hydrogen-bond acceptors (Lipinski definition) is 6. The minimum absolute atomic E-state index is 0.0549. The van der Waals surface area contributed by atoms with Crippen molar-refractivity contribution in [2.75, 3.05) is 56.3 Å². The zero-order valence-corrected chi connectivity index (χ0v) is 18.8. The average molecular weight is 483 g/mol. The molecule has 11 heteroatoms. The van der Waals surface area contributed by atoms with E-state index in [-0.39, 0.29) is 24.8 Å². The molecule has 4 rings (SSSR count). The molecule has 8 nitrogen and oxygen atoms in total. The number of piperazine rings is 1. The monoisotopic (exact) mass is 482 g/mol. The molecule has 0 N–H and O–H groups in total. The standard InChI is InChI=1S/C21H21Cl2FN4O4/c1-31-11-15-12-32-21(30)28(15)14-2-3-16(18(24)9-14)20(29)27-6-4-26(5-7-27)19-17(23)8-13(22)10-25-19/h2-3,8-10,15H,4-7,11-12H2,1H3. The number of cyclic esters (lactones) is 1.